The van der Waals surface area contributed by atoms with Crippen molar-refractivity contribution in [2.45, 2.75) is 45.3 Å². The molecule has 0 spiro atoms. The van der Waals surface area contributed by atoms with Gasteiger partial charge in [0.2, 0.25) is 0 Å². The second-order valence-corrected chi connectivity index (χ2v) is 7.70. The van der Waals surface area contributed by atoms with Crippen molar-refractivity contribution < 1.29 is 9.53 Å². The number of halogens is 1. The SMILES string of the molecule is CC(C)(C)OC(=O)N1CCC[C@H]1c1ncc(-c2ccc(Br)nc2)[nH]1. The topological polar surface area (TPSA) is 71.1 Å². The van der Waals surface area contributed by atoms with Crippen molar-refractivity contribution in [1.29, 1.82) is 0 Å². The smallest absolute Gasteiger partial charge is 0.410 e. The highest BCUT2D eigenvalue weighted by molar-refractivity contribution is 9.10. The van der Waals surface area contributed by atoms with Gasteiger partial charge in [-0.15, -0.1) is 0 Å². The minimum atomic E-state index is -0.498. The minimum absolute atomic E-state index is 0.0722. The van der Waals surface area contributed by atoms with Crippen LogP contribution in [0.3, 0.4) is 0 Å². The number of rotatable bonds is 2. The van der Waals surface area contributed by atoms with E-state index in [0.29, 0.717) is 6.54 Å². The quantitative estimate of drug-likeness (QED) is 0.772. The Morgan fingerprint density at radius 3 is 2.79 bits per heavy atom. The van der Waals surface area contributed by atoms with Crippen molar-refractivity contribution in [2.75, 3.05) is 6.54 Å². The summed E-state index contributed by atoms with van der Waals surface area (Å²) in [6, 6.07) is 3.78. The van der Waals surface area contributed by atoms with Crippen molar-refractivity contribution in [3.63, 3.8) is 0 Å². The Kier molecular flexibility index (Phi) is 4.62. The summed E-state index contributed by atoms with van der Waals surface area (Å²) in [5.41, 5.74) is 1.35. The van der Waals surface area contributed by atoms with Gasteiger partial charge < -0.3 is 9.72 Å². The molecule has 6 nitrogen and oxygen atoms in total. The van der Waals surface area contributed by atoms with Gasteiger partial charge in [0.25, 0.3) is 0 Å². The van der Waals surface area contributed by atoms with Crippen LogP contribution >= 0.6 is 15.9 Å². The molecule has 1 saturated heterocycles. The van der Waals surface area contributed by atoms with E-state index in [1.54, 1.807) is 17.3 Å². The Morgan fingerprint density at radius 1 is 1.33 bits per heavy atom. The van der Waals surface area contributed by atoms with E-state index in [4.69, 9.17) is 4.74 Å². The molecule has 1 atom stereocenters. The molecule has 1 N–H and O–H groups in total. The lowest BCUT2D eigenvalue weighted by molar-refractivity contribution is 0.0219. The Labute approximate surface area is 149 Å². The molecule has 2 aromatic rings. The highest BCUT2D eigenvalue weighted by Crippen LogP contribution is 2.32. The number of amides is 1. The van der Waals surface area contributed by atoms with Gasteiger partial charge >= 0.3 is 6.09 Å². The fourth-order valence-corrected chi connectivity index (χ4v) is 3.01. The number of carbonyl (C=O) groups excluding carboxylic acids is 1. The lowest BCUT2D eigenvalue weighted by Crippen LogP contribution is -2.36. The van der Waals surface area contributed by atoms with Gasteiger partial charge in [-0.2, -0.15) is 0 Å². The molecule has 0 radical (unpaired) electrons. The first-order chi connectivity index (χ1) is 11.3. The number of H-pyrrole nitrogens is 1. The maximum atomic E-state index is 12.4. The minimum Gasteiger partial charge on any atom is -0.444 e. The van der Waals surface area contributed by atoms with Crippen molar-refractivity contribution in [3.8, 4) is 11.3 Å². The third kappa shape index (κ3) is 3.77. The van der Waals surface area contributed by atoms with Crippen LogP contribution in [0.15, 0.2) is 29.1 Å². The predicted molar refractivity (Wildman–Crippen MR) is 94.4 cm³/mol. The first kappa shape index (κ1) is 17.0. The van der Waals surface area contributed by atoms with E-state index in [-0.39, 0.29) is 12.1 Å². The van der Waals surface area contributed by atoms with Crippen LogP contribution in [0.1, 0.15) is 45.5 Å². The molecule has 1 fully saturated rings. The van der Waals surface area contributed by atoms with Crippen LogP contribution in [0, 0.1) is 0 Å². The molecule has 1 aliphatic heterocycles. The standard InChI is InChI=1S/C17H21BrN4O2/c1-17(2,3)24-16(23)22-8-4-5-13(22)15-20-10-12(21-15)11-6-7-14(18)19-9-11/h6-7,9-10,13H,4-5,8H2,1-3H3,(H,20,21)/t13-/m0/s1. The number of likely N-dealkylation sites (tertiary alicyclic amines) is 1. The summed E-state index contributed by atoms with van der Waals surface area (Å²) in [6.07, 6.45) is 5.10. The number of imidazole rings is 1. The van der Waals surface area contributed by atoms with Crippen LogP contribution in [-0.4, -0.2) is 38.1 Å². The molecule has 0 aliphatic carbocycles. The number of nitrogens with one attached hydrogen (secondary N) is 1. The Hall–Kier alpha value is -1.89. The molecule has 7 heteroatoms. The van der Waals surface area contributed by atoms with Crippen molar-refractivity contribution in [3.05, 3.63) is 35.0 Å². The summed E-state index contributed by atoms with van der Waals surface area (Å²) in [7, 11) is 0. The average molecular weight is 393 g/mol. The number of hydrogen-bond acceptors (Lipinski definition) is 4. The third-order valence-corrected chi connectivity index (χ3v) is 4.30. The molecule has 0 saturated carbocycles. The zero-order valence-corrected chi connectivity index (χ0v) is 15.6. The summed E-state index contributed by atoms with van der Waals surface area (Å²) in [5.74, 6) is 0.788. The summed E-state index contributed by atoms with van der Waals surface area (Å²) in [6.45, 7) is 6.32. The summed E-state index contributed by atoms with van der Waals surface area (Å²) >= 11 is 3.33. The summed E-state index contributed by atoms with van der Waals surface area (Å²) < 4.78 is 6.30. The molecule has 0 bridgehead atoms. The summed E-state index contributed by atoms with van der Waals surface area (Å²) in [4.78, 5) is 26.2. The predicted octanol–water partition coefficient (Wildman–Crippen LogP) is 4.31. The van der Waals surface area contributed by atoms with Crippen LogP contribution in [0.2, 0.25) is 0 Å². The van der Waals surface area contributed by atoms with Crippen LogP contribution in [-0.2, 0) is 4.74 Å². The number of hydrogen-bond donors (Lipinski definition) is 1. The maximum absolute atomic E-state index is 12.4. The van der Waals surface area contributed by atoms with E-state index >= 15 is 0 Å². The fourth-order valence-electron chi connectivity index (χ4n) is 2.78. The molecule has 0 aromatic carbocycles. The van der Waals surface area contributed by atoms with Gasteiger partial charge in [-0.3, -0.25) is 4.90 Å². The number of aromatic nitrogens is 3. The van der Waals surface area contributed by atoms with Gasteiger partial charge in [0.1, 0.15) is 16.0 Å². The van der Waals surface area contributed by atoms with Gasteiger partial charge in [-0.05, 0) is 61.7 Å². The maximum Gasteiger partial charge on any atom is 0.410 e. The molecule has 128 valence electrons. The second kappa shape index (κ2) is 6.55. The van der Waals surface area contributed by atoms with Crippen molar-refractivity contribution >= 4 is 22.0 Å². The molecule has 2 aromatic heterocycles. The highest BCUT2D eigenvalue weighted by Gasteiger charge is 2.34. The monoisotopic (exact) mass is 392 g/mol. The van der Waals surface area contributed by atoms with Crippen LogP contribution in [0.25, 0.3) is 11.3 Å². The number of nitrogens with zero attached hydrogens (tertiary/aromatic N) is 3. The Morgan fingerprint density at radius 2 is 2.12 bits per heavy atom. The normalized spacial score (nSPS) is 18.0. The number of ether oxygens (including phenoxy) is 1. The van der Waals surface area contributed by atoms with E-state index in [2.05, 4.69) is 30.9 Å². The molecule has 1 aliphatic rings. The number of pyridine rings is 1. The number of aromatic amines is 1. The van der Waals surface area contributed by atoms with Gasteiger partial charge in [0.05, 0.1) is 17.9 Å². The van der Waals surface area contributed by atoms with E-state index in [9.17, 15) is 4.79 Å². The molecular weight excluding hydrogens is 372 g/mol. The summed E-state index contributed by atoms with van der Waals surface area (Å²) in [5, 5.41) is 0. The van der Waals surface area contributed by atoms with Crippen LogP contribution in [0.5, 0.6) is 0 Å². The third-order valence-electron chi connectivity index (χ3n) is 3.83. The van der Waals surface area contributed by atoms with Crippen LogP contribution < -0.4 is 0 Å². The molecule has 1 amide bonds. The van der Waals surface area contributed by atoms with E-state index in [1.165, 1.54) is 0 Å². The molecule has 0 unspecified atom stereocenters. The second-order valence-electron chi connectivity index (χ2n) is 6.88. The van der Waals surface area contributed by atoms with E-state index in [0.717, 1.165) is 34.5 Å². The largest absolute Gasteiger partial charge is 0.444 e. The molecular formula is C17H21BrN4O2. The van der Waals surface area contributed by atoms with Crippen molar-refractivity contribution in [2.24, 2.45) is 0 Å². The lowest BCUT2D eigenvalue weighted by Gasteiger charge is -2.27. The average Bonchev–Trinajstić information content (AvgIpc) is 3.15. The Balaban J connectivity index is 1.78. The highest BCUT2D eigenvalue weighted by atomic mass is 79.9. The molecule has 24 heavy (non-hydrogen) atoms. The fraction of sp³-hybridized carbons (Fsp3) is 0.471. The van der Waals surface area contributed by atoms with Gasteiger partial charge in [0.15, 0.2) is 0 Å². The first-order valence-electron chi connectivity index (χ1n) is 8.00. The van der Waals surface area contributed by atoms with Gasteiger partial charge in [0, 0.05) is 18.3 Å². The first-order valence-corrected chi connectivity index (χ1v) is 8.79. The van der Waals surface area contributed by atoms with Crippen molar-refractivity contribution in [1.82, 2.24) is 19.9 Å². The number of carbonyl (C=O) groups is 1. The molecule has 3 heterocycles. The van der Waals surface area contributed by atoms with Gasteiger partial charge in [-0.25, -0.2) is 14.8 Å². The Bertz CT molecular complexity index is 721. The van der Waals surface area contributed by atoms with E-state index < -0.39 is 5.60 Å². The molecule has 3 rings (SSSR count). The lowest BCUT2D eigenvalue weighted by atomic mass is 10.2. The zero-order chi connectivity index (χ0) is 17.3. The van der Waals surface area contributed by atoms with Crippen LogP contribution in [0.4, 0.5) is 4.79 Å². The zero-order valence-electron chi connectivity index (χ0n) is 14.0. The van der Waals surface area contributed by atoms with E-state index in [1.807, 2.05) is 32.9 Å². The van der Waals surface area contributed by atoms with Gasteiger partial charge in [-0.1, -0.05) is 0 Å².